The smallest absolute Gasteiger partial charge is 0.311 e. The molecule has 0 unspecified atom stereocenters. The van der Waals surface area contributed by atoms with E-state index in [1.54, 1.807) is 0 Å². The van der Waals surface area contributed by atoms with Gasteiger partial charge >= 0.3 is 5.69 Å². The lowest BCUT2D eigenvalue weighted by atomic mass is 9.87. The predicted octanol–water partition coefficient (Wildman–Crippen LogP) is 2.81. The van der Waals surface area contributed by atoms with Gasteiger partial charge in [-0.1, -0.05) is 18.2 Å². The molecule has 2 heterocycles. The molecule has 0 amide bonds. The van der Waals surface area contributed by atoms with E-state index in [4.69, 9.17) is 14.2 Å². The van der Waals surface area contributed by atoms with Gasteiger partial charge in [-0.05, 0) is 17.7 Å². The average molecular weight is 414 g/mol. The third-order valence-corrected chi connectivity index (χ3v) is 5.84. The normalized spacial score (nSPS) is 18.5. The number of β-amino-alcohol motifs (C(OH)–C–C–N with tert-alkyl or cyclic N) is 1. The molecule has 2 aromatic rings. The van der Waals surface area contributed by atoms with Crippen molar-refractivity contribution in [3.63, 3.8) is 0 Å². The Morgan fingerprint density at radius 2 is 2.03 bits per heavy atom. The summed E-state index contributed by atoms with van der Waals surface area (Å²) in [7, 11) is 1.48. The molecule has 0 radical (unpaired) electrons. The highest BCUT2D eigenvalue weighted by Crippen LogP contribution is 2.40. The van der Waals surface area contributed by atoms with Crippen LogP contribution in [0.3, 0.4) is 0 Å². The molecule has 1 fully saturated rings. The molecule has 160 valence electrons. The molecule has 0 aliphatic carbocycles. The Kier molecular flexibility index (Phi) is 5.78. The minimum atomic E-state index is -0.758. The molecule has 1 spiro atoms. The third-order valence-electron chi connectivity index (χ3n) is 5.84. The maximum Gasteiger partial charge on any atom is 0.311 e. The van der Waals surface area contributed by atoms with E-state index < -0.39 is 11.0 Å². The van der Waals surface area contributed by atoms with Crippen molar-refractivity contribution in [3.05, 3.63) is 58.1 Å². The van der Waals surface area contributed by atoms with Gasteiger partial charge in [-0.3, -0.25) is 10.1 Å². The number of aliphatic hydroxyl groups excluding tert-OH is 1. The van der Waals surface area contributed by atoms with Crippen molar-refractivity contribution < 1.29 is 24.2 Å². The molecule has 2 aliphatic rings. The van der Waals surface area contributed by atoms with Gasteiger partial charge in [-0.25, -0.2) is 0 Å². The van der Waals surface area contributed by atoms with E-state index in [-0.39, 0.29) is 23.6 Å². The fraction of sp³-hybridized carbons (Fsp3) is 0.455. The Bertz CT molecular complexity index is 883. The molecule has 0 saturated carbocycles. The largest absolute Gasteiger partial charge is 0.497 e. The second kappa shape index (κ2) is 8.49. The van der Waals surface area contributed by atoms with Crippen LogP contribution in [0, 0.1) is 10.1 Å². The fourth-order valence-electron chi connectivity index (χ4n) is 4.21. The van der Waals surface area contributed by atoms with Crippen LogP contribution < -0.4 is 14.2 Å². The van der Waals surface area contributed by atoms with E-state index in [2.05, 4.69) is 11.0 Å². The summed E-state index contributed by atoms with van der Waals surface area (Å²) in [6.07, 6.45) is 1.97. The standard InChI is InChI=1S/C22H26N2O6/c1-28-18-6-7-19(24(26)27)21(12-18)29-15-17(25)14-23-10-8-22(9-11-23)13-16-4-2-3-5-20(16)30-22/h2-7,12,17,25H,8-11,13-15H2,1H3/t17-/m1/s1. The van der Waals surface area contributed by atoms with E-state index in [0.29, 0.717) is 12.3 Å². The number of nitrogens with zero attached hydrogens (tertiary/aromatic N) is 2. The van der Waals surface area contributed by atoms with Gasteiger partial charge in [0, 0.05) is 51.0 Å². The maximum absolute atomic E-state index is 11.2. The zero-order chi connectivity index (χ0) is 21.1. The van der Waals surface area contributed by atoms with Gasteiger partial charge in [0.15, 0.2) is 0 Å². The van der Waals surface area contributed by atoms with Crippen LogP contribution in [0.15, 0.2) is 42.5 Å². The molecule has 2 aromatic carbocycles. The van der Waals surface area contributed by atoms with Crippen LogP contribution in [0.4, 0.5) is 5.69 Å². The highest BCUT2D eigenvalue weighted by atomic mass is 16.6. The Morgan fingerprint density at radius 1 is 1.27 bits per heavy atom. The van der Waals surface area contributed by atoms with Crippen molar-refractivity contribution in [2.24, 2.45) is 0 Å². The summed E-state index contributed by atoms with van der Waals surface area (Å²) in [5.41, 5.74) is 0.975. The summed E-state index contributed by atoms with van der Waals surface area (Å²) in [6, 6.07) is 12.5. The van der Waals surface area contributed by atoms with Gasteiger partial charge in [0.05, 0.1) is 12.0 Å². The summed E-state index contributed by atoms with van der Waals surface area (Å²) >= 11 is 0. The number of piperidine rings is 1. The number of benzene rings is 2. The summed E-state index contributed by atoms with van der Waals surface area (Å²) in [4.78, 5) is 12.9. The minimum absolute atomic E-state index is 0.0302. The van der Waals surface area contributed by atoms with Crippen molar-refractivity contribution in [1.82, 2.24) is 4.90 Å². The Balaban J connectivity index is 1.28. The lowest BCUT2D eigenvalue weighted by molar-refractivity contribution is -0.385. The molecular formula is C22H26N2O6. The fourth-order valence-corrected chi connectivity index (χ4v) is 4.21. The molecule has 2 aliphatic heterocycles. The number of methoxy groups -OCH3 is 1. The minimum Gasteiger partial charge on any atom is -0.497 e. The monoisotopic (exact) mass is 414 g/mol. The van der Waals surface area contributed by atoms with Gasteiger partial charge in [0.2, 0.25) is 5.75 Å². The first-order valence-corrected chi connectivity index (χ1v) is 10.1. The predicted molar refractivity (Wildman–Crippen MR) is 110 cm³/mol. The second-order valence-corrected chi connectivity index (χ2v) is 7.93. The zero-order valence-electron chi connectivity index (χ0n) is 17.0. The molecule has 1 saturated heterocycles. The van der Waals surface area contributed by atoms with E-state index in [1.165, 1.54) is 30.9 Å². The van der Waals surface area contributed by atoms with Crippen LogP contribution in [0.5, 0.6) is 17.2 Å². The molecule has 4 rings (SSSR count). The molecule has 1 atom stereocenters. The average Bonchev–Trinajstić information content (AvgIpc) is 3.11. The topological polar surface area (TPSA) is 94.3 Å². The van der Waals surface area contributed by atoms with E-state index in [0.717, 1.165) is 38.1 Å². The highest BCUT2D eigenvalue weighted by molar-refractivity contribution is 5.50. The van der Waals surface area contributed by atoms with Crippen molar-refractivity contribution in [1.29, 1.82) is 0 Å². The van der Waals surface area contributed by atoms with Crippen molar-refractivity contribution >= 4 is 5.69 Å². The number of likely N-dealkylation sites (tertiary alicyclic amines) is 1. The lowest BCUT2D eigenvalue weighted by Crippen LogP contribution is -2.49. The molecule has 1 N–H and O–H groups in total. The first kappa shape index (κ1) is 20.4. The van der Waals surface area contributed by atoms with Crippen LogP contribution in [0.1, 0.15) is 18.4 Å². The third kappa shape index (κ3) is 4.34. The van der Waals surface area contributed by atoms with Gasteiger partial charge in [-0.2, -0.15) is 0 Å². The first-order valence-electron chi connectivity index (χ1n) is 10.1. The Labute approximate surface area is 175 Å². The van der Waals surface area contributed by atoms with Crippen molar-refractivity contribution in [2.45, 2.75) is 31.0 Å². The van der Waals surface area contributed by atoms with Crippen molar-refractivity contribution in [3.8, 4) is 17.2 Å². The molecule has 8 nitrogen and oxygen atoms in total. The number of nitro groups is 1. The van der Waals surface area contributed by atoms with Crippen LogP contribution in [-0.2, 0) is 6.42 Å². The summed E-state index contributed by atoms with van der Waals surface area (Å²) in [5.74, 6) is 1.54. The molecule has 0 bridgehead atoms. The van der Waals surface area contributed by atoms with Crippen molar-refractivity contribution in [2.75, 3.05) is 33.4 Å². The Hall–Kier alpha value is -2.84. The number of hydrogen-bond donors (Lipinski definition) is 1. The lowest BCUT2D eigenvalue weighted by Gasteiger charge is -2.39. The van der Waals surface area contributed by atoms with E-state index in [1.807, 2.05) is 18.2 Å². The molecular weight excluding hydrogens is 388 g/mol. The number of ether oxygens (including phenoxy) is 3. The summed E-state index contributed by atoms with van der Waals surface area (Å²) in [6.45, 7) is 2.06. The quantitative estimate of drug-likeness (QED) is 0.550. The Morgan fingerprint density at radius 3 is 2.73 bits per heavy atom. The number of hydrogen-bond acceptors (Lipinski definition) is 7. The van der Waals surface area contributed by atoms with Gasteiger partial charge in [0.25, 0.3) is 0 Å². The first-order chi connectivity index (χ1) is 14.5. The van der Waals surface area contributed by atoms with Crippen LogP contribution in [0.2, 0.25) is 0 Å². The number of fused-ring (bicyclic) bond motifs is 1. The van der Waals surface area contributed by atoms with Crippen LogP contribution in [-0.4, -0.2) is 60.0 Å². The molecule has 0 aromatic heterocycles. The van der Waals surface area contributed by atoms with Gasteiger partial charge < -0.3 is 24.2 Å². The summed E-state index contributed by atoms with van der Waals surface area (Å²) < 4.78 is 16.9. The molecule has 30 heavy (non-hydrogen) atoms. The van der Waals surface area contributed by atoms with E-state index in [9.17, 15) is 15.2 Å². The molecule has 8 heteroatoms. The van der Waals surface area contributed by atoms with E-state index >= 15 is 0 Å². The number of para-hydroxylation sites is 1. The second-order valence-electron chi connectivity index (χ2n) is 7.93. The van der Waals surface area contributed by atoms with Gasteiger partial charge in [0.1, 0.15) is 29.8 Å². The maximum atomic E-state index is 11.2. The van der Waals surface area contributed by atoms with Crippen LogP contribution >= 0.6 is 0 Å². The zero-order valence-corrected chi connectivity index (χ0v) is 17.0. The van der Waals surface area contributed by atoms with Crippen LogP contribution in [0.25, 0.3) is 0 Å². The number of rotatable bonds is 7. The number of nitro benzene ring substituents is 1. The summed E-state index contributed by atoms with van der Waals surface area (Å²) in [5, 5.41) is 21.6. The highest BCUT2D eigenvalue weighted by Gasteiger charge is 2.41. The number of aliphatic hydroxyl groups is 1. The van der Waals surface area contributed by atoms with Gasteiger partial charge in [-0.15, -0.1) is 0 Å². The SMILES string of the molecule is COc1ccc([N+](=O)[O-])c(OC[C@H](O)CN2CCC3(CC2)Cc2ccccc2O3)c1.